The monoisotopic (exact) mass is 306 g/mol. The van der Waals surface area contributed by atoms with Gasteiger partial charge in [-0.25, -0.2) is 4.48 Å². The fourth-order valence-electron chi connectivity index (χ4n) is 3.07. The molecule has 0 radical (unpaired) electrons. The quantitative estimate of drug-likeness (QED) is 0.687. The lowest BCUT2D eigenvalue weighted by atomic mass is 9.95. The Kier molecular flexibility index (Phi) is 4.56. The van der Waals surface area contributed by atoms with E-state index in [0.29, 0.717) is 31.5 Å². The Hall–Kier alpha value is -1.88. The molecule has 1 heterocycles. The Morgan fingerprint density at radius 2 is 1.77 bits per heavy atom. The fourth-order valence-corrected chi connectivity index (χ4v) is 3.07. The van der Waals surface area contributed by atoms with Gasteiger partial charge in [-0.05, 0) is 45.0 Å². The lowest BCUT2D eigenvalue weighted by Crippen LogP contribution is -2.66. The Bertz CT molecular complexity index is 537. The van der Waals surface area contributed by atoms with Crippen molar-refractivity contribution in [3.8, 4) is 5.75 Å². The molecule has 1 aliphatic rings. The van der Waals surface area contributed by atoms with Crippen molar-refractivity contribution in [3.63, 3.8) is 0 Å². The SMILES string of the molecule is CC(C)(C)[N+]1(C(=O)O)CCC(Oc2ccc(C=O)cc2)CC1. The van der Waals surface area contributed by atoms with Crippen LogP contribution in [0.5, 0.6) is 5.75 Å². The number of rotatable bonds is 3. The number of amides is 1. The summed E-state index contributed by atoms with van der Waals surface area (Å²) in [5.41, 5.74) is 0.285. The number of carbonyl (C=O) groups excluding carboxylic acids is 1. The predicted octanol–water partition coefficient (Wildman–Crippen LogP) is 3.33. The van der Waals surface area contributed by atoms with E-state index in [-0.39, 0.29) is 16.1 Å². The first-order valence-electron chi connectivity index (χ1n) is 7.61. The molecule has 1 aromatic carbocycles. The molecule has 5 nitrogen and oxygen atoms in total. The average molecular weight is 306 g/mol. The summed E-state index contributed by atoms with van der Waals surface area (Å²) < 4.78 is 6.00. The summed E-state index contributed by atoms with van der Waals surface area (Å²) >= 11 is 0. The molecule has 0 bridgehead atoms. The van der Waals surface area contributed by atoms with Crippen LogP contribution in [0.15, 0.2) is 24.3 Å². The van der Waals surface area contributed by atoms with Crippen molar-refractivity contribution in [2.75, 3.05) is 13.1 Å². The first-order chi connectivity index (χ1) is 10.3. The summed E-state index contributed by atoms with van der Waals surface area (Å²) in [4.78, 5) is 22.4. The van der Waals surface area contributed by atoms with Gasteiger partial charge in [-0.3, -0.25) is 4.79 Å². The van der Waals surface area contributed by atoms with Crippen molar-refractivity contribution in [2.45, 2.75) is 45.3 Å². The third-order valence-corrected chi connectivity index (χ3v) is 4.63. The number of benzene rings is 1. The molecule has 5 heteroatoms. The summed E-state index contributed by atoms with van der Waals surface area (Å²) in [5.74, 6) is 0.724. The maximum Gasteiger partial charge on any atom is 0.513 e. The van der Waals surface area contributed by atoms with Crippen molar-refractivity contribution in [1.82, 2.24) is 0 Å². The van der Waals surface area contributed by atoms with Gasteiger partial charge in [-0.1, -0.05) is 0 Å². The molecule has 1 amide bonds. The number of carbonyl (C=O) groups is 2. The first-order valence-corrected chi connectivity index (χ1v) is 7.61. The Morgan fingerprint density at radius 1 is 1.23 bits per heavy atom. The minimum atomic E-state index is -0.763. The number of aldehydes is 1. The van der Waals surface area contributed by atoms with E-state index in [1.165, 1.54) is 0 Å². The van der Waals surface area contributed by atoms with E-state index in [9.17, 15) is 14.7 Å². The average Bonchev–Trinajstić information content (AvgIpc) is 2.47. The third-order valence-electron chi connectivity index (χ3n) is 4.63. The van der Waals surface area contributed by atoms with Gasteiger partial charge in [0.1, 0.15) is 23.7 Å². The lowest BCUT2D eigenvalue weighted by Gasteiger charge is -2.47. The summed E-state index contributed by atoms with van der Waals surface area (Å²) in [6.45, 7) is 7.05. The largest absolute Gasteiger partial charge is 0.513 e. The van der Waals surface area contributed by atoms with Crippen LogP contribution in [0.25, 0.3) is 0 Å². The number of quaternary nitrogens is 1. The molecular formula is C17H24NO4+. The molecule has 2 rings (SSSR count). The summed E-state index contributed by atoms with van der Waals surface area (Å²) in [6, 6.07) is 7.00. The van der Waals surface area contributed by atoms with E-state index in [1.54, 1.807) is 24.3 Å². The number of carboxylic acid groups (broad SMARTS) is 1. The zero-order valence-electron chi connectivity index (χ0n) is 13.4. The van der Waals surface area contributed by atoms with Gasteiger partial charge in [0.15, 0.2) is 0 Å². The predicted molar refractivity (Wildman–Crippen MR) is 83.3 cm³/mol. The standard InChI is InChI=1S/C17H23NO4/c1-17(2,3)18(16(20)21)10-8-15(9-11-18)22-14-6-4-13(12-19)5-7-14/h4-7,12,15H,8-11H2,1-3H3/p+1. The van der Waals surface area contributed by atoms with Crippen LogP contribution in [0.4, 0.5) is 4.79 Å². The fraction of sp³-hybridized carbons (Fsp3) is 0.529. The number of hydrogen-bond acceptors (Lipinski definition) is 3. The molecule has 1 fully saturated rings. The molecule has 1 saturated heterocycles. The highest BCUT2D eigenvalue weighted by atomic mass is 16.5. The first kappa shape index (κ1) is 16.5. The Labute approximate surface area is 131 Å². The van der Waals surface area contributed by atoms with Gasteiger partial charge in [0, 0.05) is 18.4 Å². The maximum absolute atomic E-state index is 11.8. The highest BCUT2D eigenvalue weighted by molar-refractivity contribution is 5.74. The van der Waals surface area contributed by atoms with Gasteiger partial charge >= 0.3 is 6.09 Å². The van der Waals surface area contributed by atoms with Crippen molar-refractivity contribution in [1.29, 1.82) is 0 Å². The van der Waals surface area contributed by atoms with Gasteiger partial charge < -0.3 is 9.84 Å². The molecule has 0 spiro atoms. The Morgan fingerprint density at radius 3 is 2.18 bits per heavy atom. The number of nitrogens with zero attached hydrogens (tertiary/aromatic N) is 1. The molecular weight excluding hydrogens is 282 g/mol. The van der Waals surface area contributed by atoms with Crippen molar-refractivity contribution >= 4 is 12.4 Å². The summed E-state index contributed by atoms with van der Waals surface area (Å²) in [5, 5.41) is 9.66. The molecule has 0 aromatic heterocycles. The maximum atomic E-state index is 11.8. The highest BCUT2D eigenvalue weighted by Gasteiger charge is 2.50. The molecule has 0 saturated carbocycles. The molecule has 22 heavy (non-hydrogen) atoms. The normalized spacial score (nSPS) is 25.5. The molecule has 0 atom stereocenters. The van der Waals surface area contributed by atoms with Crippen LogP contribution in [0.2, 0.25) is 0 Å². The van der Waals surface area contributed by atoms with Gasteiger partial charge in [-0.15, -0.1) is 0 Å². The number of hydrogen-bond donors (Lipinski definition) is 1. The third kappa shape index (κ3) is 3.14. The van der Waals surface area contributed by atoms with Gasteiger partial charge in [0.05, 0.1) is 13.1 Å². The van der Waals surface area contributed by atoms with E-state index in [2.05, 4.69) is 0 Å². The second-order valence-corrected chi connectivity index (χ2v) is 6.87. The molecule has 1 aromatic rings. The van der Waals surface area contributed by atoms with Crippen LogP contribution in [0, 0.1) is 0 Å². The van der Waals surface area contributed by atoms with Crippen molar-refractivity contribution < 1.29 is 23.9 Å². The molecule has 1 aliphatic heterocycles. The molecule has 0 aliphatic carbocycles. The minimum absolute atomic E-state index is 0.0232. The van der Waals surface area contributed by atoms with Crippen molar-refractivity contribution in [3.05, 3.63) is 29.8 Å². The van der Waals surface area contributed by atoms with Crippen LogP contribution >= 0.6 is 0 Å². The molecule has 0 unspecified atom stereocenters. The summed E-state index contributed by atoms with van der Waals surface area (Å²) in [7, 11) is 0. The zero-order valence-corrected chi connectivity index (χ0v) is 13.4. The number of piperidine rings is 1. The molecule has 1 N–H and O–H groups in total. The highest BCUT2D eigenvalue weighted by Crippen LogP contribution is 2.32. The minimum Gasteiger partial charge on any atom is -0.490 e. The second kappa shape index (κ2) is 6.08. The van der Waals surface area contributed by atoms with E-state index in [1.807, 2.05) is 20.8 Å². The van der Waals surface area contributed by atoms with E-state index >= 15 is 0 Å². The van der Waals surface area contributed by atoms with Gasteiger partial charge in [0.25, 0.3) is 0 Å². The van der Waals surface area contributed by atoms with E-state index in [4.69, 9.17) is 4.74 Å². The van der Waals surface area contributed by atoms with Crippen LogP contribution < -0.4 is 4.74 Å². The van der Waals surface area contributed by atoms with E-state index < -0.39 is 6.09 Å². The van der Waals surface area contributed by atoms with Gasteiger partial charge in [0.2, 0.25) is 0 Å². The van der Waals surface area contributed by atoms with Crippen LogP contribution in [0.1, 0.15) is 44.0 Å². The second-order valence-electron chi connectivity index (χ2n) is 6.87. The number of ether oxygens (including phenoxy) is 1. The van der Waals surface area contributed by atoms with Crippen LogP contribution in [-0.2, 0) is 0 Å². The Balaban J connectivity index is 2.01. The smallest absolute Gasteiger partial charge is 0.490 e. The van der Waals surface area contributed by atoms with Crippen LogP contribution in [-0.4, -0.2) is 46.7 Å². The van der Waals surface area contributed by atoms with Crippen molar-refractivity contribution in [2.24, 2.45) is 0 Å². The number of likely N-dealkylation sites (tertiary alicyclic amines) is 1. The van der Waals surface area contributed by atoms with E-state index in [0.717, 1.165) is 12.0 Å². The summed E-state index contributed by atoms with van der Waals surface area (Å²) in [6.07, 6.45) is 1.47. The zero-order chi connectivity index (χ0) is 16.4. The molecule has 120 valence electrons. The van der Waals surface area contributed by atoms with Gasteiger partial charge in [-0.2, -0.15) is 4.79 Å². The topological polar surface area (TPSA) is 63.6 Å². The van der Waals surface area contributed by atoms with Crippen LogP contribution in [0.3, 0.4) is 0 Å². The lowest BCUT2D eigenvalue weighted by molar-refractivity contribution is -0.908.